The largest absolute Gasteiger partial charge is 0.484 e. The maximum atomic E-state index is 13.3. The Morgan fingerprint density at radius 3 is 2.47 bits per heavy atom. The Kier molecular flexibility index (Phi) is 4.99. The third-order valence-electron chi connectivity index (χ3n) is 4.68. The van der Waals surface area contributed by atoms with E-state index in [2.05, 4.69) is 9.97 Å². The molecule has 0 bridgehead atoms. The average Bonchev–Trinajstić information content (AvgIpc) is 2.70. The first-order valence-corrected chi connectivity index (χ1v) is 8.94. The van der Waals surface area contributed by atoms with Gasteiger partial charge in [-0.2, -0.15) is 18.4 Å². The van der Waals surface area contributed by atoms with Gasteiger partial charge in [-0.25, -0.2) is 9.37 Å². The van der Waals surface area contributed by atoms with Crippen molar-refractivity contribution in [3.8, 4) is 22.9 Å². The van der Waals surface area contributed by atoms with Crippen LogP contribution in [0.25, 0.3) is 11.1 Å². The normalized spacial score (nSPS) is 14.2. The standard InChI is InChI=1S/C21H14F4N4O/c22-14-3-1-13(2-4-14)18-7-15(9-26)28-10-19(18)30-17-11-29(12-17)16-5-6-27-20(8-16)21(23,24)25/h1-8,10,17H,11-12H2. The first kappa shape index (κ1) is 19.6. The molecule has 0 radical (unpaired) electrons. The third kappa shape index (κ3) is 4.03. The number of aromatic nitrogens is 2. The van der Waals surface area contributed by atoms with Crippen molar-refractivity contribution in [3.63, 3.8) is 0 Å². The molecule has 152 valence electrons. The van der Waals surface area contributed by atoms with Gasteiger partial charge in [0.05, 0.1) is 19.3 Å². The molecule has 0 saturated carbocycles. The zero-order chi connectivity index (χ0) is 21.3. The van der Waals surface area contributed by atoms with Crippen LogP contribution in [0.5, 0.6) is 5.75 Å². The van der Waals surface area contributed by atoms with Gasteiger partial charge in [-0.15, -0.1) is 0 Å². The van der Waals surface area contributed by atoms with Gasteiger partial charge in [-0.1, -0.05) is 12.1 Å². The number of hydrogen-bond acceptors (Lipinski definition) is 5. The van der Waals surface area contributed by atoms with Gasteiger partial charge in [0.2, 0.25) is 0 Å². The van der Waals surface area contributed by atoms with Crippen molar-refractivity contribution < 1.29 is 22.3 Å². The molecule has 3 aromatic rings. The fourth-order valence-corrected chi connectivity index (χ4v) is 3.13. The van der Waals surface area contributed by atoms with Crippen molar-refractivity contribution in [2.75, 3.05) is 18.0 Å². The van der Waals surface area contributed by atoms with Crippen LogP contribution in [0.2, 0.25) is 0 Å². The first-order valence-electron chi connectivity index (χ1n) is 8.94. The summed E-state index contributed by atoms with van der Waals surface area (Å²) in [5.41, 5.74) is 0.898. The van der Waals surface area contributed by atoms with E-state index in [1.54, 1.807) is 23.1 Å². The molecule has 1 aliphatic heterocycles. The van der Waals surface area contributed by atoms with Gasteiger partial charge < -0.3 is 9.64 Å². The molecule has 1 fully saturated rings. The lowest BCUT2D eigenvalue weighted by molar-refractivity contribution is -0.141. The maximum absolute atomic E-state index is 13.3. The lowest BCUT2D eigenvalue weighted by atomic mass is 10.0. The van der Waals surface area contributed by atoms with Crippen LogP contribution in [-0.4, -0.2) is 29.2 Å². The summed E-state index contributed by atoms with van der Waals surface area (Å²) < 4.78 is 57.8. The van der Waals surface area contributed by atoms with Crippen LogP contribution in [0.15, 0.2) is 54.9 Å². The summed E-state index contributed by atoms with van der Waals surface area (Å²) >= 11 is 0. The molecule has 5 nitrogen and oxygen atoms in total. The van der Waals surface area contributed by atoms with Crippen LogP contribution in [0.4, 0.5) is 23.2 Å². The smallest absolute Gasteiger partial charge is 0.433 e. The van der Waals surface area contributed by atoms with Crippen molar-refractivity contribution in [2.45, 2.75) is 12.3 Å². The number of alkyl halides is 3. The molecule has 0 N–H and O–H groups in total. The lowest BCUT2D eigenvalue weighted by Crippen LogP contribution is -2.54. The number of hydrogen-bond donors (Lipinski definition) is 0. The fraction of sp³-hybridized carbons (Fsp3) is 0.190. The fourth-order valence-electron chi connectivity index (χ4n) is 3.13. The summed E-state index contributed by atoms with van der Waals surface area (Å²) in [6.45, 7) is 0.758. The zero-order valence-electron chi connectivity index (χ0n) is 15.4. The second-order valence-corrected chi connectivity index (χ2v) is 6.73. The van der Waals surface area contributed by atoms with Gasteiger partial charge in [0.25, 0.3) is 0 Å². The SMILES string of the molecule is N#Cc1cc(-c2ccc(F)cc2)c(OC2CN(c3ccnc(C(F)(F)F)c3)C2)cn1. The summed E-state index contributed by atoms with van der Waals surface area (Å²) in [4.78, 5) is 9.13. The molecule has 0 aliphatic carbocycles. The summed E-state index contributed by atoms with van der Waals surface area (Å²) in [5, 5.41) is 9.12. The highest BCUT2D eigenvalue weighted by molar-refractivity contribution is 5.71. The Labute approximate surface area is 169 Å². The van der Waals surface area contributed by atoms with E-state index in [1.165, 1.54) is 24.4 Å². The van der Waals surface area contributed by atoms with Crippen molar-refractivity contribution in [2.24, 2.45) is 0 Å². The Morgan fingerprint density at radius 2 is 1.80 bits per heavy atom. The number of anilines is 1. The van der Waals surface area contributed by atoms with Crippen LogP contribution < -0.4 is 9.64 Å². The molecule has 3 heterocycles. The molecule has 30 heavy (non-hydrogen) atoms. The minimum Gasteiger partial charge on any atom is -0.484 e. The van der Waals surface area contributed by atoms with Crippen molar-refractivity contribution in [1.82, 2.24) is 9.97 Å². The predicted octanol–water partition coefficient (Wildman–Crippen LogP) is 4.44. The molecule has 1 aromatic carbocycles. The molecule has 0 unspecified atom stereocenters. The van der Waals surface area contributed by atoms with E-state index in [4.69, 9.17) is 10.00 Å². The molecule has 0 amide bonds. The molecule has 0 atom stereocenters. The number of benzene rings is 1. The van der Waals surface area contributed by atoms with Gasteiger partial charge in [0, 0.05) is 17.4 Å². The quantitative estimate of drug-likeness (QED) is 0.591. The number of pyridine rings is 2. The molecule has 0 spiro atoms. The maximum Gasteiger partial charge on any atom is 0.433 e. The lowest BCUT2D eigenvalue weighted by Gasteiger charge is -2.41. The number of rotatable bonds is 4. The van der Waals surface area contributed by atoms with Crippen LogP contribution >= 0.6 is 0 Å². The highest BCUT2D eigenvalue weighted by Crippen LogP contribution is 2.34. The first-order chi connectivity index (χ1) is 14.3. The van der Waals surface area contributed by atoms with E-state index in [0.717, 1.165) is 12.3 Å². The van der Waals surface area contributed by atoms with Gasteiger partial charge in [-0.05, 0) is 35.9 Å². The van der Waals surface area contributed by atoms with E-state index < -0.39 is 11.9 Å². The third-order valence-corrected chi connectivity index (χ3v) is 4.68. The Morgan fingerprint density at radius 1 is 1.07 bits per heavy atom. The van der Waals surface area contributed by atoms with Gasteiger partial charge in [0.1, 0.15) is 35.1 Å². The van der Waals surface area contributed by atoms with Crippen molar-refractivity contribution in [1.29, 1.82) is 5.26 Å². The second-order valence-electron chi connectivity index (χ2n) is 6.73. The topological polar surface area (TPSA) is 62.0 Å². The summed E-state index contributed by atoms with van der Waals surface area (Å²) in [7, 11) is 0. The van der Waals surface area contributed by atoms with Gasteiger partial charge >= 0.3 is 6.18 Å². The van der Waals surface area contributed by atoms with Gasteiger partial charge in [0.15, 0.2) is 0 Å². The molecule has 4 rings (SSSR count). The Bertz CT molecular complexity index is 1100. The highest BCUT2D eigenvalue weighted by Gasteiger charge is 2.35. The molecule has 2 aromatic heterocycles. The molecule has 1 saturated heterocycles. The van der Waals surface area contributed by atoms with Crippen LogP contribution in [-0.2, 0) is 6.18 Å². The molecule has 9 heteroatoms. The summed E-state index contributed by atoms with van der Waals surface area (Å²) in [5.74, 6) is 0.0250. The average molecular weight is 414 g/mol. The van der Waals surface area contributed by atoms with E-state index in [9.17, 15) is 17.6 Å². The molecular weight excluding hydrogens is 400 g/mol. The van der Waals surface area contributed by atoms with E-state index in [1.807, 2.05) is 6.07 Å². The van der Waals surface area contributed by atoms with Crippen LogP contribution in [0.1, 0.15) is 11.4 Å². The van der Waals surface area contributed by atoms with E-state index >= 15 is 0 Å². The predicted molar refractivity (Wildman–Crippen MR) is 100 cm³/mol. The zero-order valence-corrected chi connectivity index (χ0v) is 15.4. The van der Waals surface area contributed by atoms with Crippen molar-refractivity contribution in [3.05, 3.63) is 72.1 Å². The van der Waals surface area contributed by atoms with E-state index in [0.29, 0.717) is 35.7 Å². The monoisotopic (exact) mass is 414 g/mol. The second kappa shape index (κ2) is 7.63. The minimum absolute atomic E-state index is 0.188. The highest BCUT2D eigenvalue weighted by atomic mass is 19.4. The molecular formula is C21H14F4N4O. The van der Waals surface area contributed by atoms with Crippen LogP contribution in [0, 0.1) is 17.1 Å². The summed E-state index contributed by atoms with van der Waals surface area (Å²) in [6.07, 6.45) is -2.23. The Hall–Kier alpha value is -3.67. The van der Waals surface area contributed by atoms with E-state index in [-0.39, 0.29) is 17.6 Å². The molecule has 1 aliphatic rings. The van der Waals surface area contributed by atoms with Crippen LogP contribution in [0.3, 0.4) is 0 Å². The number of halogens is 4. The van der Waals surface area contributed by atoms with Crippen molar-refractivity contribution >= 4 is 5.69 Å². The van der Waals surface area contributed by atoms with Gasteiger partial charge in [-0.3, -0.25) is 4.98 Å². The number of nitrogens with zero attached hydrogens (tertiary/aromatic N) is 4. The Balaban J connectivity index is 1.50. The minimum atomic E-state index is -4.50. The summed E-state index contributed by atoms with van der Waals surface area (Å²) in [6, 6.07) is 11.8. The number of nitriles is 1. The number of ether oxygens (including phenoxy) is 1.